The van der Waals surface area contributed by atoms with Gasteiger partial charge < -0.3 is 15.8 Å². The van der Waals surface area contributed by atoms with Crippen molar-refractivity contribution >= 4 is 11.5 Å². The summed E-state index contributed by atoms with van der Waals surface area (Å²) in [4.78, 5) is 4.46. The van der Waals surface area contributed by atoms with Crippen LogP contribution in [0, 0.1) is 0 Å². The van der Waals surface area contributed by atoms with E-state index in [1.165, 1.54) is 5.56 Å². The summed E-state index contributed by atoms with van der Waals surface area (Å²) in [6, 6.07) is 14.1. The van der Waals surface area contributed by atoms with Gasteiger partial charge >= 0.3 is 0 Å². The van der Waals surface area contributed by atoms with E-state index in [1.807, 2.05) is 51.1 Å². The predicted molar refractivity (Wildman–Crippen MR) is 87.5 cm³/mol. The van der Waals surface area contributed by atoms with Crippen molar-refractivity contribution in [3.05, 3.63) is 48.0 Å². The Hall–Kier alpha value is -2.23. The van der Waals surface area contributed by atoms with Crippen molar-refractivity contribution in [1.82, 2.24) is 4.98 Å². The predicted octanol–water partition coefficient (Wildman–Crippen LogP) is 4.01. The molecule has 0 saturated carbocycles. The SMILES string of the molecule is CC(Nc1ccc(N)c(OC(C)(C)C)n1)c1ccccc1. The lowest BCUT2D eigenvalue weighted by atomic mass is 10.1. The van der Waals surface area contributed by atoms with E-state index in [0.717, 1.165) is 5.82 Å². The van der Waals surface area contributed by atoms with Crippen LogP contribution in [-0.4, -0.2) is 10.6 Å². The first-order valence-corrected chi connectivity index (χ1v) is 7.12. The van der Waals surface area contributed by atoms with E-state index in [4.69, 9.17) is 10.5 Å². The molecule has 0 amide bonds. The average Bonchev–Trinajstić information content (AvgIpc) is 2.42. The number of hydrogen-bond acceptors (Lipinski definition) is 4. The number of aromatic nitrogens is 1. The summed E-state index contributed by atoms with van der Waals surface area (Å²) < 4.78 is 5.78. The third kappa shape index (κ3) is 4.38. The highest BCUT2D eigenvalue weighted by Crippen LogP contribution is 2.26. The Morgan fingerprint density at radius 3 is 2.38 bits per heavy atom. The summed E-state index contributed by atoms with van der Waals surface area (Å²) in [5.74, 6) is 1.22. The maximum atomic E-state index is 5.92. The second-order valence-electron chi connectivity index (χ2n) is 6.08. The van der Waals surface area contributed by atoms with Crippen LogP contribution in [0.3, 0.4) is 0 Å². The van der Waals surface area contributed by atoms with Crippen LogP contribution in [0.2, 0.25) is 0 Å². The molecule has 0 spiro atoms. The summed E-state index contributed by atoms with van der Waals surface area (Å²) in [6.45, 7) is 8.01. The molecule has 0 bridgehead atoms. The molecule has 4 heteroatoms. The third-order valence-corrected chi connectivity index (χ3v) is 2.96. The van der Waals surface area contributed by atoms with E-state index in [9.17, 15) is 0 Å². The van der Waals surface area contributed by atoms with Crippen LogP contribution in [0.5, 0.6) is 5.88 Å². The first kappa shape index (κ1) is 15.2. The molecule has 1 heterocycles. The highest BCUT2D eigenvalue weighted by Gasteiger charge is 2.16. The number of hydrogen-bond donors (Lipinski definition) is 2. The fourth-order valence-electron chi connectivity index (χ4n) is 1.95. The number of ether oxygens (including phenoxy) is 1. The fraction of sp³-hybridized carbons (Fsp3) is 0.353. The minimum absolute atomic E-state index is 0.157. The molecule has 0 radical (unpaired) electrons. The van der Waals surface area contributed by atoms with Crippen molar-refractivity contribution in [1.29, 1.82) is 0 Å². The largest absolute Gasteiger partial charge is 0.470 e. The third-order valence-electron chi connectivity index (χ3n) is 2.96. The molecule has 1 atom stereocenters. The Bertz CT molecular complexity index is 591. The molecule has 2 aromatic rings. The average molecular weight is 285 g/mol. The molecule has 1 aromatic heterocycles. The summed E-state index contributed by atoms with van der Waals surface area (Å²) in [7, 11) is 0. The summed E-state index contributed by atoms with van der Waals surface area (Å²) in [6.07, 6.45) is 0. The number of anilines is 2. The van der Waals surface area contributed by atoms with Gasteiger partial charge in [-0.1, -0.05) is 30.3 Å². The second kappa shape index (κ2) is 6.04. The van der Waals surface area contributed by atoms with Gasteiger partial charge in [0.1, 0.15) is 11.4 Å². The molecule has 2 rings (SSSR count). The first-order chi connectivity index (χ1) is 9.85. The van der Waals surface area contributed by atoms with Crippen molar-refractivity contribution in [2.75, 3.05) is 11.1 Å². The molecule has 0 saturated heterocycles. The van der Waals surface area contributed by atoms with Gasteiger partial charge in [0.15, 0.2) is 0 Å². The van der Waals surface area contributed by atoms with Crippen LogP contribution in [0.1, 0.15) is 39.3 Å². The Morgan fingerprint density at radius 2 is 1.76 bits per heavy atom. The minimum Gasteiger partial charge on any atom is -0.470 e. The molecular formula is C17H23N3O. The standard InChI is InChI=1S/C17H23N3O/c1-12(13-8-6-5-7-9-13)19-15-11-10-14(18)16(20-15)21-17(2,3)4/h5-12H,18H2,1-4H3,(H,19,20). The first-order valence-electron chi connectivity index (χ1n) is 7.12. The number of pyridine rings is 1. The van der Waals surface area contributed by atoms with Crippen molar-refractivity contribution < 1.29 is 4.74 Å². The van der Waals surface area contributed by atoms with Gasteiger partial charge in [-0.25, -0.2) is 0 Å². The lowest BCUT2D eigenvalue weighted by molar-refractivity contribution is 0.125. The van der Waals surface area contributed by atoms with Gasteiger partial charge in [-0.2, -0.15) is 4.98 Å². The molecule has 0 aliphatic carbocycles. The van der Waals surface area contributed by atoms with Crippen LogP contribution >= 0.6 is 0 Å². The zero-order valence-corrected chi connectivity index (χ0v) is 13.1. The summed E-state index contributed by atoms with van der Waals surface area (Å²) in [5, 5.41) is 3.36. The van der Waals surface area contributed by atoms with Gasteiger partial charge in [0.25, 0.3) is 0 Å². The molecule has 1 aromatic carbocycles. The van der Waals surface area contributed by atoms with Crippen LogP contribution < -0.4 is 15.8 Å². The quantitative estimate of drug-likeness (QED) is 0.891. The van der Waals surface area contributed by atoms with Gasteiger partial charge in [-0.15, -0.1) is 0 Å². The van der Waals surface area contributed by atoms with Gasteiger partial charge in [-0.05, 0) is 45.4 Å². The zero-order valence-electron chi connectivity index (χ0n) is 13.1. The topological polar surface area (TPSA) is 60.2 Å². The number of nitrogens with one attached hydrogen (secondary N) is 1. The van der Waals surface area contributed by atoms with E-state index >= 15 is 0 Å². The van der Waals surface area contributed by atoms with Crippen molar-refractivity contribution in [3.63, 3.8) is 0 Å². The van der Waals surface area contributed by atoms with Crippen molar-refractivity contribution in [2.24, 2.45) is 0 Å². The van der Waals surface area contributed by atoms with Gasteiger partial charge in [0.05, 0.1) is 5.69 Å². The summed E-state index contributed by atoms with van der Waals surface area (Å²) >= 11 is 0. The fourth-order valence-corrected chi connectivity index (χ4v) is 1.95. The van der Waals surface area contributed by atoms with E-state index in [2.05, 4.69) is 29.4 Å². The van der Waals surface area contributed by atoms with Crippen molar-refractivity contribution in [2.45, 2.75) is 39.3 Å². The monoisotopic (exact) mass is 285 g/mol. The molecule has 1 unspecified atom stereocenters. The van der Waals surface area contributed by atoms with Gasteiger partial charge in [0, 0.05) is 6.04 Å². The Morgan fingerprint density at radius 1 is 1.10 bits per heavy atom. The summed E-state index contributed by atoms with van der Waals surface area (Å²) in [5.41, 5.74) is 7.34. The van der Waals surface area contributed by atoms with Crippen LogP contribution in [0.4, 0.5) is 11.5 Å². The van der Waals surface area contributed by atoms with E-state index in [1.54, 1.807) is 0 Å². The lowest BCUT2D eigenvalue weighted by Crippen LogP contribution is -2.24. The second-order valence-corrected chi connectivity index (χ2v) is 6.08. The number of nitrogens with two attached hydrogens (primary N) is 1. The van der Waals surface area contributed by atoms with E-state index in [0.29, 0.717) is 11.6 Å². The number of rotatable bonds is 4. The molecular weight excluding hydrogens is 262 g/mol. The smallest absolute Gasteiger partial charge is 0.239 e. The Balaban J connectivity index is 2.16. The number of benzene rings is 1. The van der Waals surface area contributed by atoms with Crippen LogP contribution in [-0.2, 0) is 0 Å². The molecule has 0 fully saturated rings. The van der Waals surface area contributed by atoms with Crippen molar-refractivity contribution in [3.8, 4) is 5.88 Å². The highest BCUT2D eigenvalue weighted by atomic mass is 16.5. The zero-order chi connectivity index (χ0) is 15.5. The number of nitrogens with zero attached hydrogens (tertiary/aromatic N) is 1. The Kier molecular flexibility index (Phi) is 4.36. The van der Waals surface area contributed by atoms with Gasteiger partial charge in [0.2, 0.25) is 5.88 Å². The molecule has 21 heavy (non-hydrogen) atoms. The maximum Gasteiger partial charge on any atom is 0.239 e. The lowest BCUT2D eigenvalue weighted by Gasteiger charge is -2.22. The molecule has 3 N–H and O–H groups in total. The highest BCUT2D eigenvalue weighted by molar-refractivity contribution is 5.54. The molecule has 0 aliphatic rings. The maximum absolute atomic E-state index is 5.92. The normalized spacial score (nSPS) is 12.8. The van der Waals surface area contributed by atoms with E-state index < -0.39 is 0 Å². The van der Waals surface area contributed by atoms with Crippen LogP contribution in [0.15, 0.2) is 42.5 Å². The minimum atomic E-state index is -0.329. The molecule has 4 nitrogen and oxygen atoms in total. The van der Waals surface area contributed by atoms with Crippen LogP contribution in [0.25, 0.3) is 0 Å². The van der Waals surface area contributed by atoms with E-state index in [-0.39, 0.29) is 11.6 Å². The Labute approximate surface area is 126 Å². The number of nitrogen functional groups attached to an aromatic ring is 1. The van der Waals surface area contributed by atoms with Gasteiger partial charge in [-0.3, -0.25) is 0 Å². The molecule has 0 aliphatic heterocycles. The molecule has 112 valence electrons.